The van der Waals surface area contributed by atoms with Crippen molar-refractivity contribution in [1.82, 2.24) is 20.2 Å². The van der Waals surface area contributed by atoms with Crippen molar-refractivity contribution >= 4 is 11.9 Å². The van der Waals surface area contributed by atoms with Gasteiger partial charge in [-0.1, -0.05) is 24.3 Å². The molecule has 2 aromatic carbocycles. The molecule has 1 saturated heterocycles. The number of benzene rings is 2. The highest BCUT2D eigenvalue weighted by Crippen LogP contribution is 2.29. The van der Waals surface area contributed by atoms with Gasteiger partial charge in [-0.25, -0.2) is 9.37 Å². The smallest absolute Gasteiger partial charge is 0.348 e. The number of alkyl halides is 3. The highest BCUT2D eigenvalue weighted by Gasteiger charge is 2.30. The Hall–Kier alpha value is -3.73. The zero-order valence-corrected chi connectivity index (χ0v) is 18.6. The zero-order chi connectivity index (χ0) is 25.0. The van der Waals surface area contributed by atoms with E-state index in [2.05, 4.69) is 20.2 Å². The topological polar surface area (TPSA) is 81.3 Å². The number of halogens is 4. The van der Waals surface area contributed by atoms with Gasteiger partial charge in [-0.15, -0.1) is 0 Å². The first-order valence-corrected chi connectivity index (χ1v) is 10.9. The van der Waals surface area contributed by atoms with Gasteiger partial charge < -0.3 is 10.2 Å². The first-order chi connectivity index (χ1) is 16.7. The summed E-state index contributed by atoms with van der Waals surface area (Å²) < 4.78 is 51.6. The van der Waals surface area contributed by atoms with Gasteiger partial charge in [-0.05, 0) is 35.4 Å². The van der Waals surface area contributed by atoms with Crippen LogP contribution in [0.1, 0.15) is 27.0 Å². The molecule has 1 aliphatic rings. The highest BCUT2D eigenvalue weighted by atomic mass is 19.4. The Kier molecular flexibility index (Phi) is 7.15. The van der Waals surface area contributed by atoms with Crippen molar-refractivity contribution in [3.05, 3.63) is 93.2 Å². The largest absolute Gasteiger partial charge is 0.416 e. The minimum Gasteiger partial charge on any atom is -0.348 e. The van der Waals surface area contributed by atoms with Crippen LogP contribution < -0.4 is 15.8 Å². The summed E-state index contributed by atoms with van der Waals surface area (Å²) in [6.07, 6.45) is -3.32. The lowest BCUT2D eigenvalue weighted by atomic mass is 10.1. The van der Waals surface area contributed by atoms with E-state index in [-0.39, 0.29) is 23.5 Å². The van der Waals surface area contributed by atoms with Crippen molar-refractivity contribution in [3.63, 3.8) is 0 Å². The van der Waals surface area contributed by atoms with Gasteiger partial charge in [0.05, 0.1) is 5.56 Å². The summed E-state index contributed by atoms with van der Waals surface area (Å²) in [5, 5.41) is 2.46. The van der Waals surface area contributed by atoms with E-state index in [1.54, 1.807) is 12.1 Å². The Morgan fingerprint density at radius 2 is 1.74 bits per heavy atom. The quantitative estimate of drug-likeness (QED) is 0.520. The molecule has 7 nitrogen and oxygen atoms in total. The number of aromatic nitrogens is 2. The third-order valence-corrected chi connectivity index (χ3v) is 5.73. The Morgan fingerprint density at radius 1 is 1.03 bits per heavy atom. The first-order valence-electron chi connectivity index (χ1n) is 10.9. The molecule has 184 valence electrons. The highest BCUT2D eigenvalue weighted by molar-refractivity contribution is 5.93. The van der Waals surface area contributed by atoms with Crippen LogP contribution in [0.2, 0.25) is 0 Å². The van der Waals surface area contributed by atoms with Gasteiger partial charge in [0, 0.05) is 45.5 Å². The molecule has 35 heavy (non-hydrogen) atoms. The molecule has 0 atom stereocenters. The summed E-state index contributed by atoms with van der Waals surface area (Å²) in [5.41, 5.74) is -0.411. The second-order valence-electron chi connectivity index (χ2n) is 8.22. The van der Waals surface area contributed by atoms with E-state index in [1.165, 1.54) is 30.5 Å². The number of H-pyrrole nitrogens is 1. The van der Waals surface area contributed by atoms with Crippen molar-refractivity contribution in [2.24, 2.45) is 0 Å². The van der Waals surface area contributed by atoms with Gasteiger partial charge in [-0.2, -0.15) is 13.2 Å². The number of amides is 1. The molecule has 0 bridgehead atoms. The number of aromatic amines is 1. The standard InChI is InChI=1S/C24H23F4N5O2/c25-19-6-4-16(5-7-19)15-32-8-10-33(11-9-32)23-30-14-20(22(35)31-23)21(34)29-13-17-2-1-3-18(12-17)24(26,27)28/h1-7,12,14H,8-11,13,15H2,(H,29,34)(H,30,31,35). The number of carbonyl (C=O) groups is 1. The van der Waals surface area contributed by atoms with Crippen molar-refractivity contribution in [3.8, 4) is 0 Å². The second-order valence-corrected chi connectivity index (χ2v) is 8.22. The van der Waals surface area contributed by atoms with Gasteiger partial charge in [0.1, 0.15) is 11.4 Å². The van der Waals surface area contributed by atoms with Crippen molar-refractivity contribution < 1.29 is 22.4 Å². The average molecular weight is 489 g/mol. The van der Waals surface area contributed by atoms with Crippen LogP contribution in [0.3, 0.4) is 0 Å². The van der Waals surface area contributed by atoms with Crippen molar-refractivity contribution in [2.45, 2.75) is 19.3 Å². The number of carbonyl (C=O) groups excluding carboxylic acids is 1. The maximum absolute atomic E-state index is 13.1. The molecular formula is C24H23F4N5O2. The molecule has 0 saturated carbocycles. The van der Waals surface area contributed by atoms with Crippen LogP contribution in [0.25, 0.3) is 0 Å². The average Bonchev–Trinajstić information content (AvgIpc) is 2.84. The summed E-state index contributed by atoms with van der Waals surface area (Å²) >= 11 is 0. The molecule has 1 aliphatic heterocycles. The van der Waals surface area contributed by atoms with Gasteiger partial charge in [0.25, 0.3) is 11.5 Å². The van der Waals surface area contributed by atoms with E-state index in [0.29, 0.717) is 38.7 Å². The maximum atomic E-state index is 13.1. The predicted octanol–water partition coefficient (Wildman–Crippen LogP) is 3.18. The number of rotatable bonds is 6. The summed E-state index contributed by atoms with van der Waals surface area (Å²) in [4.78, 5) is 35.8. The van der Waals surface area contributed by atoms with Gasteiger partial charge in [-0.3, -0.25) is 19.5 Å². The Morgan fingerprint density at radius 3 is 2.40 bits per heavy atom. The van der Waals surface area contributed by atoms with Gasteiger partial charge >= 0.3 is 6.18 Å². The molecule has 0 aliphatic carbocycles. The van der Waals surface area contributed by atoms with E-state index >= 15 is 0 Å². The molecule has 2 heterocycles. The minimum absolute atomic E-state index is 0.167. The molecule has 4 rings (SSSR count). The molecule has 0 radical (unpaired) electrons. The Balaban J connectivity index is 1.32. The summed E-state index contributed by atoms with van der Waals surface area (Å²) in [6.45, 7) is 3.14. The molecule has 11 heteroatoms. The molecule has 1 fully saturated rings. The fourth-order valence-corrected chi connectivity index (χ4v) is 3.81. The number of hydrogen-bond acceptors (Lipinski definition) is 5. The van der Waals surface area contributed by atoms with Crippen LogP contribution in [0.15, 0.2) is 59.5 Å². The lowest BCUT2D eigenvalue weighted by Gasteiger charge is -2.35. The maximum Gasteiger partial charge on any atom is 0.416 e. The number of nitrogens with zero attached hydrogens (tertiary/aromatic N) is 3. The SMILES string of the molecule is O=C(NCc1cccc(C(F)(F)F)c1)c1cnc(N2CCN(Cc3ccc(F)cc3)CC2)[nH]c1=O. The van der Waals surface area contributed by atoms with Gasteiger partial charge in [0.2, 0.25) is 5.95 Å². The minimum atomic E-state index is -4.48. The molecule has 3 aromatic rings. The first kappa shape index (κ1) is 24.4. The summed E-state index contributed by atoms with van der Waals surface area (Å²) in [5.74, 6) is -0.668. The number of nitrogens with one attached hydrogen (secondary N) is 2. The number of piperazine rings is 1. The third kappa shape index (κ3) is 6.24. The summed E-state index contributed by atoms with van der Waals surface area (Å²) in [6, 6.07) is 11.0. The fraction of sp³-hybridized carbons (Fsp3) is 0.292. The van der Waals surface area contributed by atoms with E-state index in [9.17, 15) is 27.2 Å². The van der Waals surface area contributed by atoms with E-state index in [0.717, 1.165) is 17.7 Å². The van der Waals surface area contributed by atoms with Gasteiger partial charge in [0.15, 0.2) is 0 Å². The Bertz CT molecular complexity index is 1240. The third-order valence-electron chi connectivity index (χ3n) is 5.73. The predicted molar refractivity (Wildman–Crippen MR) is 121 cm³/mol. The number of hydrogen-bond donors (Lipinski definition) is 2. The Labute approximate surface area is 198 Å². The summed E-state index contributed by atoms with van der Waals surface area (Å²) in [7, 11) is 0. The lowest BCUT2D eigenvalue weighted by molar-refractivity contribution is -0.137. The van der Waals surface area contributed by atoms with Crippen LogP contribution in [-0.2, 0) is 19.3 Å². The van der Waals surface area contributed by atoms with E-state index < -0.39 is 23.2 Å². The van der Waals surface area contributed by atoms with Crippen LogP contribution >= 0.6 is 0 Å². The monoisotopic (exact) mass is 489 g/mol. The molecule has 2 N–H and O–H groups in total. The molecule has 1 aromatic heterocycles. The van der Waals surface area contributed by atoms with Crippen LogP contribution in [-0.4, -0.2) is 47.0 Å². The molecule has 1 amide bonds. The number of anilines is 1. The van der Waals surface area contributed by atoms with E-state index in [1.807, 2.05) is 4.90 Å². The van der Waals surface area contributed by atoms with Crippen LogP contribution in [0.4, 0.5) is 23.5 Å². The van der Waals surface area contributed by atoms with Crippen molar-refractivity contribution in [1.29, 1.82) is 0 Å². The van der Waals surface area contributed by atoms with Crippen LogP contribution in [0, 0.1) is 5.82 Å². The normalized spacial score (nSPS) is 14.7. The van der Waals surface area contributed by atoms with E-state index in [4.69, 9.17) is 0 Å². The van der Waals surface area contributed by atoms with Crippen LogP contribution in [0.5, 0.6) is 0 Å². The lowest BCUT2D eigenvalue weighted by Crippen LogP contribution is -2.47. The zero-order valence-electron chi connectivity index (χ0n) is 18.6. The van der Waals surface area contributed by atoms with Crippen molar-refractivity contribution in [2.75, 3.05) is 31.1 Å². The second kappa shape index (κ2) is 10.3. The fourth-order valence-electron chi connectivity index (χ4n) is 3.81. The molecule has 0 unspecified atom stereocenters. The molecular weight excluding hydrogens is 466 g/mol. The molecule has 0 spiro atoms.